The number of rotatable bonds is 7. The third-order valence-electron chi connectivity index (χ3n) is 3.35. The molecule has 0 saturated heterocycles. The third kappa shape index (κ3) is 4.04. The van der Waals surface area contributed by atoms with Gasteiger partial charge >= 0.3 is 0 Å². The fourth-order valence-electron chi connectivity index (χ4n) is 2.17. The summed E-state index contributed by atoms with van der Waals surface area (Å²) in [5, 5.41) is 8.81. The van der Waals surface area contributed by atoms with E-state index in [1.807, 2.05) is 0 Å². The third-order valence-corrected chi connectivity index (χ3v) is 3.35. The number of nitrogens with zero attached hydrogens (tertiary/aromatic N) is 2. The number of furan rings is 1. The average molecular weight is 314 g/mol. The molecule has 1 heterocycles. The van der Waals surface area contributed by atoms with Crippen molar-refractivity contribution in [3.63, 3.8) is 0 Å². The van der Waals surface area contributed by atoms with E-state index in [2.05, 4.69) is 6.07 Å². The van der Waals surface area contributed by atoms with Crippen molar-refractivity contribution in [3.8, 4) is 17.6 Å². The number of nitriles is 1. The SMILES string of the molecule is COc1ccc(C(=O)N(CCC#N)Cc2ccco2)c(OC)c1. The molecule has 0 spiro atoms. The van der Waals surface area contributed by atoms with Gasteiger partial charge in [0.1, 0.15) is 17.3 Å². The fraction of sp³-hybridized carbons (Fsp3) is 0.294. The van der Waals surface area contributed by atoms with Crippen molar-refractivity contribution in [2.24, 2.45) is 0 Å². The Morgan fingerprint density at radius 3 is 2.74 bits per heavy atom. The van der Waals surface area contributed by atoms with Crippen LogP contribution in [0, 0.1) is 11.3 Å². The van der Waals surface area contributed by atoms with E-state index in [1.165, 1.54) is 7.11 Å². The molecule has 0 aliphatic heterocycles. The van der Waals surface area contributed by atoms with Crippen molar-refractivity contribution >= 4 is 5.91 Å². The van der Waals surface area contributed by atoms with Gasteiger partial charge in [-0.25, -0.2) is 0 Å². The zero-order chi connectivity index (χ0) is 16.7. The molecule has 1 aromatic heterocycles. The van der Waals surface area contributed by atoms with Gasteiger partial charge in [-0.15, -0.1) is 0 Å². The predicted molar refractivity (Wildman–Crippen MR) is 83.2 cm³/mol. The highest BCUT2D eigenvalue weighted by atomic mass is 16.5. The Bertz CT molecular complexity index is 689. The Balaban J connectivity index is 2.27. The summed E-state index contributed by atoms with van der Waals surface area (Å²) in [6.07, 6.45) is 1.79. The number of amides is 1. The molecule has 1 aromatic carbocycles. The van der Waals surface area contributed by atoms with Crippen LogP contribution in [0.15, 0.2) is 41.0 Å². The molecular weight excluding hydrogens is 296 g/mol. The van der Waals surface area contributed by atoms with E-state index < -0.39 is 0 Å². The molecule has 23 heavy (non-hydrogen) atoms. The maximum atomic E-state index is 12.8. The van der Waals surface area contributed by atoms with Crippen LogP contribution in [-0.4, -0.2) is 31.6 Å². The lowest BCUT2D eigenvalue weighted by molar-refractivity contribution is 0.0732. The topological polar surface area (TPSA) is 75.7 Å². The van der Waals surface area contributed by atoms with E-state index in [0.29, 0.717) is 35.9 Å². The molecule has 6 nitrogen and oxygen atoms in total. The first-order valence-electron chi connectivity index (χ1n) is 7.10. The smallest absolute Gasteiger partial charge is 0.258 e. The minimum atomic E-state index is -0.226. The van der Waals surface area contributed by atoms with Gasteiger partial charge in [0.25, 0.3) is 5.91 Å². The lowest BCUT2D eigenvalue weighted by Gasteiger charge is -2.21. The molecule has 2 rings (SSSR count). The Hall–Kier alpha value is -2.94. The summed E-state index contributed by atoms with van der Waals surface area (Å²) in [6, 6.07) is 10.6. The van der Waals surface area contributed by atoms with Crippen molar-refractivity contribution in [1.82, 2.24) is 4.90 Å². The van der Waals surface area contributed by atoms with Gasteiger partial charge in [-0.3, -0.25) is 4.79 Å². The lowest BCUT2D eigenvalue weighted by Crippen LogP contribution is -2.31. The minimum Gasteiger partial charge on any atom is -0.497 e. The van der Waals surface area contributed by atoms with Gasteiger partial charge in [0.2, 0.25) is 0 Å². The second kappa shape index (κ2) is 7.90. The molecule has 0 aliphatic rings. The molecule has 1 amide bonds. The molecule has 0 aliphatic carbocycles. The molecule has 0 radical (unpaired) electrons. The zero-order valence-corrected chi connectivity index (χ0v) is 13.1. The first-order valence-corrected chi connectivity index (χ1v) is 7.10. The minimum absolute atomic E-state index is 0.226. The normalized spacial score (nSPS) is 9.96. The van der Waals surface area contributed by atoms with E-state index in [9.17, 15) is 4.79 Å². The number of carbonyl (C=O) groups is 1. The maximum Gasteiger partial charge on any atom is 0.258 e. The molecule has 0 fully saturated rings. The van der Waals surface area contributed by atoms with Crippen LogP contribution in [0.4, 0.5) is 0 Å². The highest BCUT2D eigenvalue weighted by molar-refractivity contribution is 5.97. The number of ether oxygens (including phenoxy) is 2. The van der Waals surface area contributed by atoms with Gasteiger partial charge in [-0.05, 0) is 24.3 Å². The zero-order valence-electron chi connectivity index (χ0n) is 13.1. The highest BCUT2D eigenvalue weighted by Crippen LogP contribution is 2.26. The van der Waals surface area contributed by atoms with Crippen LogP contribution in [-0.2, 0) is 6.54 Å². The predicted octanol–water partition coefficient (Wildman–Crippen LogP) is 2.85. The van der Waals surface area contributed by atoms with Crippen LogP contribution < -0.4 is 9.47 Å². The van der Waals surface area contributed by atoms with Crippen molar-refractivity contribution in [2.45, 2.75) is 13.0 Å². The van der Waals surface area contributed by atoms with Gasteiger partial charge in [0, 0.05) is 12.6 Å². The van der Waals surface area contributed by atoms with Crippen LogP contribution in [0.1, 0.15) is 22.5 Å². The van der Waals surface area contributed by atoms with Gasteiger partial charge < -0.3 is 18.8 Å². The quantitative estimate of drug-likeness (QED) is 0.785. The molecule has 0 atom stereocenters. The Labute approximate surface area is 134 Å². The van der Waals surface area contributed by atoms with Crippen LogP contribution in [0.5, 0.6) is 11.5 Å². The molecule has 2 aromatic rings. The first-order chi connectivity index (χ1) is 11.2. The summed E-state index contributed by atoms with van der Waals surface area (Å²) < 4.78 is 15.7. The summed E-state index contributed by atoms with van der Waals surface area (Å²) in [5.74, 6) is 1.46. The summed E-state index contributed by atoms with van der Waals surface area (Å²) in [7, 11) is 3.05. The Morgan fingerprint density at radius 1 is 1.30 bits per heavy atom. The number of hydrogen-bond donors (Lipinski definition) is 0. The molecule has 0 N–H and O–H groups in total. The van der Waals surface area contributed by atoms with E-state index >= 15 is 0 Å². The molecule has 0 unspecified atom stereocenters. The number of benzene rings is 1. The van der Waals surface area contributed by atoms with Gasteiger partial charge in [-0.2, -0.15) is 5.26 Å². The van der Waals surface area contributed by atoms with E-state index in [-0.39, 0.29) is 12.3 Å². The van der Waals surface area contributed by atoms with Crippen LogP contribution >= 0.6 is 0 Å². The molecule has 0 saturated carbocycles. The second-order valence-electron chi connectivity index (χ2n) is 4.78. The van der Waals surface area contributed by atoms with E-state index in [0.717, 1.165) is 0 Å². The Kier molecular flexibility index (Phi) is 5.64. The highest BCUT2D eigenvalue weighted by Gasteiger charge is 2.21. The molecule has 120 valence electrons. The molecule has 0 bridgehead atoms. The van der Waals surface area contributed by atoms with E-state index in [1.54, 1.807) is 48.6 Å². The van der Waals surface area contributed by atoms with Gasteiger partial charge in [0.05, 0.1) is 45.1 Å². The number of methoxy groups -OCH3 is 2. The summed E-state index contributed by atoms with van der Waals surface area (Å²) >= 11 is 0. The second-order valence-corrected chi connectivity index (χ2v) is 4.78. The van der Waals surface area contributed by atoms with Gasteiger partial charge in [-0.1, -0.05) is 0 Å². The van der Waals surface area contributed by atoms with E-state index in [4.69, 9.17) is 19.2 Å². The largest absolute Gasteiger partial charge is 0.497 e. The van der Waals surface area contributed by atoms with Gasteiger partial charge in [0.15, 0.2) is 0 Å². The van der Waals surface area contributed by atoms with Crippen molar-refractivity contribution in [2.75, 3.05) is 20.8 Å². The summed E-state index contributed by atoms with van der Waals surface area (Å²) in [5.41, 5.74) is 0.415. The number of hydrogen-bond acceptors (Lipinski definition) is 5. The van der Waals surface area contributed by atoms with Crippen molar-refractivity contribution in [3.05, 3.63) is 47.9 Å². The van der Waals surface area contributed by atoms with Crippen molar-refractivity contribution in [1.29, 1.82) is 5.26 Å². The monoisotopic (exact) mass is 314 g/mol. The fourth-order valence-corrected chi connectivity index (χ4v) is 2.17. The lowest BCUT2D eigenvalue weighted by atomic mass is 10.1. The molecular formula is C17H18N2O4. The molecule has 6 heteroatoms. The first kappa shape index (κ1) is 16.4. The van der Waals surface area contributed by atoms with Crippen LogP contribution in [0.25, 0.3) is 0 Å². The number of carbonyl (C=O) groups excluding carboxylic acids is 1. The van der Waals surface area contributed by atoms with Crippen LogP contribution in [0.2, 0.25) is 0 Å². The maximum absolute atomic E-state index is 12.8. The Morgan fingerprint density at radius 2 is 2.13 bits per heavy atom. The standard InChI is InChI=1S/C17H18N2O4/c1-21-13-6-7-15(16(11-13)22-2)17(20)19(9-4-8-18)12-14-5-3-10-23-14/h3,5-7,10-11H,4,9,12H2,1-2H3. The summed E-state index contributed by atoms with van der Waals surface area (Å²) in [4.78, 5) is 14.4. The average Bonchev–Trinajstić information content (AvgIpc) is 3.10. The van der Waals surface area contributed by atoms with Crippen molar-refractivity contribution < 1.29 is 18.7 Å². The van der Waals surface area contributed by atoms with Crippen LogP contribution in [0.3, 0.4) is 0 Å². The summed E-state index contributed by atoms with van der Waals surface area (Å²) in [6.45, 7) is 0.605.